The van der Waals surface area contributed by atoms with Gasteiger partial charge in [-0.1, -0.05) is 24.3 Å². The van der Waals surface area contributed by atoms with Crippen molar-refractivity contribution in [3.63, 3.8) is 0 Å². The largest absolute Gasteiger partial charge is 0.466 e. The van der Waals surface area contributed by atoms with Gasteiger partial charge in [0.2, 0.25) is 11.8 Å². The standard InChI is InChI=1S/C19H19N5O3/c1-2-26-17(25)9-16-23-24-18(27-16)14-10-20-19(21-11-14)22-15-7-12-5-3-4-6-13(12)8-15/h3-6,10-11,15H,2,7-9H2,1H3,(H,20,21,22). The molecule has 138 valence electrons. The summed E-state index contributed by atoms with van der Waals surface area (Å²) < 4.78 is 10.3. The van der Waals surface area contributed by atoms with Crippen LogP contribution in [0.25, 0.3) is 11.5 Å². The molecule has 8 heteroatoms. The molecule has 0 spiro atoms. The summed E-state index contributed by atoms with van der Waals surface area (Å²) >= 11 is 0. The van der Waals surface area contributed by atoms with Crippen LogP contribution in [0.15, 0.2) is 41.1 Å². The second-order valence-corrected chi connectivity index (χ2v) is 6.30. The topological polar surface area (TPSA) is 103 Å². The Morgan fingerprint density at radius 1 is 1.19 bits per heavy atom. The highest BCUT2D eigenvalue weighted by molar-refractivity contribution is 5.71. The highest BCUT2D eigenvalue weighted by atomic mass is 16.5. The lowest BCUT2D eigenvalue weighted by atomic mass is 10.1. The molecular weight excluding hydrogens is 346 g/mol. The number of hydrogen-bond donors (Lipinski definition) is 1. The lowest BCUT2D eigenvalue weighted by Gasteiger charge is -2.11. The smallest absolute Gasteiger partial charge is 0.315 e. The molecule has 1 N–H and O–H groups in total. The second kappa shape index (κ2) is 7.53. The highest BCUT2D eigenvalue weighted by Crippen LogP contribution is 2.24. The summed E-state index contributed by atoms with van der Waals surface area (Å²) in [7, 11) is 0. The lowest BCUT2D eigenvalue weighted by Crippen LogP contribution is -2.20. The first kappa shape index (κ1) is 17.1. The first-order valence-electron chi connectivity index (χ1n) is 8.85. The van der Waals surface area contributed by atoms with Crippen LogP contribution in [0.1, 0.15) is 23.9 Å². The van der Waals surface area contributed by atoms with Crippen molar-refractivity contribution < 1.29 is 13.9 Å². The summed E-state index contributed by atoms with van der Waals surface area (Å²) in [6.45, 7) is 2.06. The third-order valence-corrected chi connectivity index (χ3v) is 4.35. The maximum atomic E-state index is 11.5. The molecule has 0 saturated heterocycles. The van der Waals surface area contributed by atoms with Crippen LogP contribution in [-0.2, 0) is 28.8 Å². The molecule has 0 bridgehead atoms. The van der Waals surface area contributed by atoms with Crippen LogP contribution in [0, 0.1) is 0 Å². The normalized spacial score (nSPS) is 13.4. The second-order valence-electron chi connectivity index (χ2n) is 6.30. The zero-order valence-electron chi connectivity index (χ0n) is 14.9. The Bertz CT molecular complexity index is 914. The first-order chi connectivity index (χ1) is 13.2. The van der Waals surface area contributed by atoms with Crippen molar-refractivity contribution in [1.82, 2.24) is 20.2 Å². The molecule has 1 aliphatic rings. The third-order valence-electron chi connectivity index (χ3n) is 4.35. The fourth-order valence-electron chi connectivity index (χ4n) is 3.13. The number of carbonyl (C=O) groups is 1. The number of nitrogens with zero attached hydrogens (tertiary/aromatic N) is 4. The molecule has 0 fully saturated rings. The van der Waals surface area contributed by atoms with Gasteiger partial charge in [-0.05, 0) is 30.9 Å². The lowest BCUT2D eigenvalue weighted by molar-refractivity contribution is -0.142. The van der Waals surface area contributed by atoms with Crippen molar-refractivity contribution in [3.05, 3.63) is 53.7 Å². The van der Waals surface area contributed by atoms with E-state index in [2.05, 4.69) is 49.7 Å². The number of carbonyl (C=O) groups excluding carboxylic acids is 1. The Labute approximate surface area is 156 Å². The van der Waals surface area contributed by atoms with Gasteiger partial charge in [0.1, 0.15) is 6.42 Å². The van der Waals surface area contributed by atoms with Crippen LogP contribution in [0.2, 0.25) is 0 Å². The number of anilines is 1. The molecule has 1 aliphatic carbocycles. The maximum Gasteiger partial charge on any atom is 0.315 e. The van der Waals surface area contributed by atoms with Crippen LogP contribution < -0.4 is 5.32 Å². The van der Waals surface area contributed by atoms with Crippen LogP contribution in [0.3, 0.4) is 0 Å². The SMILES string of the molecule is CCOC(=O)Cc1nnc(-c2cnc(NC3Cc4ccccc4C3)nc2)o1. The predicted octanol–water partition coefficient (Wildman–Crippen LogP) is 2.21. The summed E-state index contributed by atoms with van der Waals surface area (Å²) in [5.41, 5.74) is 3.33. The van der Waals surface area contributed by atoms with Gasteiger partial charge in [0.15, 0.2) is 0 Å². The summed E-state index contributed by atoms with van der Waals surface area (Å²) in [5, 5.41) is 11.2. The van der Waals surface area contributed by atoms with Crippen molar-refractivity contribution in [2.24, 2.45) is 0 Å². The maximum absolute atomic E-state index is 11.5. The van der Waals surface area contributed by atoms with Gasteiger partial charge in [0, 0.05) is 18.4 Å². The van der Waals surface area contributed by atoms with E-state index in [1.54, 1.807) is 19.3 Å². The van der Waals surface area contributed by atoms with Crippen molar-refractivity contribution in [3.8, 4) is 11.5 Å². The van der Waals surface area contributed by atoms with Gasteiger partial charge < -0.3 is 14.5 Å². The number of fused-ring (bicyclic) bond motifs is 1. The van der Waals surface area contributed by atoms with Crippen molar-refractivity contribution in [2.75, 3.05) is 11.9 Å². The van der Waals surface area contributed by atoms with Crippen molar-refractivity contribution >= 4 is 11.9 Å². The van der Waals surface area contributed by atoms with E-state index in [-0.39, 0.29) is 24.2 Å². The summed E-state index contributed by atoms with van der Waals surface area (Å²) in [5.74, 6) is 0.632. The zero-order chi connectivity index (χ0) is 18.6. The molecule has 3 aromatic rings. The molecule has 0 atom stereocenters. The number of aromatic nitrogens is 4. The number of rotatable bonds is 6. The van der Waals surface area contributed by atoms with Crippen molar-refractivity contribution in [1.29, 1.82) is 0 Å². The Hall–Kier alpha value is -3.29. The molecule has 1 aromatic carbocycles. The minimum absolute atomic E-state index is 0.0520. The van der Waals surface area contributed by atoms with Crippen LogP contribution in [-0.4, -0.2) is 38.8 Å². The third kappa shape index (κ3) is 3.94. The van der Waals surface area contributed by atoms with E-state index in [9.17, 15) is 4.79 Å². The molecule has 2 heterocycles. The van der Waals surface area contributed by atoms with Gasteiger partial charge in [-0.25, -0.2) is 9.97 Å². The van der Waals surface area contributed by atoms with E-state index in [4.69, 9.17) is 9.15 Å². The summed E-state index contributed by atoms with van der Waals surface area (Å²) in [6, 6.07) is 8.72. The molecule has 8 nitrogen and oxygen atoms in total. The quantitative estimate of drug-likeness (QED) is 0.663. The van der Waals surface area contributed by atoms with E-state index in [0.29, 0.717) is 18.1 Å². The fraction of sp³-hybridized carbons (Fsp3) is 0.316. The fourth-order valence-corrected chi connectivity index (χ4v) is 3.13. The van der Waals surface area contributed by atoms with E-state index in [0.717, 1.165) is 12.8 Å². The zero-order valence-corrected chi connectivity index (χ0v) is 14.9. The minimum atomic E-state index is -0.402. The Morgan fingerprint density at radius 2 is 1.89 bits per heavy atom. The van der Waals surface area contributed by atoms with Crippen LogP contribution >= 0.6 is 0 Å². The Kier molecular flexibility index (Phi) is 4.78. The number of ether oxygens (including phenoxy) is 1. The monoisotopic (exact) mass is 365 g/mol. The van der Waals surface area contributed by atoms with E-state index in [1.807, 2.05) is 0 Å². The molecular formula is C19H19N5O3. The predicted molar refractivity (Wildman–Crippen MR) is 96.9 cm³/mol. The molecule has 0 amide bonds. The van der Waals surface area contributed by atoms with Crippen LogP contribution in [0.4, 0.5) is 5.95 Å². The molecule has 0 saturated carbocycles. The number of hydrogen-bond acceptors (Lipinski definition) is 8. The van der Waals surface area contributed by atoms with E-state index < -0.39 is 5.97 Å². The first-order valence-corrected chi connectivity index (χ1v) is 8.85. The van der Waals surface area contributed by atoms with Gasteiger partial charge >= 0.3 is 5.97 Å². The van der Waals surface area contributed by atoms with Gasteiger partial charge in [-0.3, -0.25) is 4.79 Å². The van der Waals surface area contributed by atoms with Gasteiger partial charge in [-0.2, -0.15) is 0 Å². The number of esters is 1. The van der Waals surface area contributed by atoms with Gasteiger partial charge in [0.05, 0.1) is 12.2 Å². The molecule has 27 heavy (non-hydrogen) atoms. The average Bonchev–Trinajstić information content (AvgIpc) is 3.29. The molecule has 0 radical (unpaired) electrons. The van der Waals surface area contributed by atoms with E-state index in [1.165, 1.54) is 11.1 Å². The minimum Gasteiger partial charge on any atom is -0.466 e. The molecule has 2 aromatic heterocycles. The molecule has 4 rings (SSSR count). The Morgan fingerprint density at radius 3 is 2.56 bits per heavy atom. The van der Waals surface area contributed by atoms with Crippen molar-refractivity contribution in [2.45, 2.75) is 32.2 Å². The summed E-state index contributed by atoms with van der Waals surface area (Å²) in [4.78, 5) is 20.1. The van der Waals surface area contributed by atoms with E-state index >= 15 is 0 Å². The Balaban J connectivity index is 1.38. The van der Waals surface area contributed by atoms with Gasteiger partial charge in [-0.15, -0.1) is 10.2 Å². The average molecular weight is 365 g/mol. The highest BCUT2D eigenvalue weighted by Gasteiger charge is 2.21. The van der Waals surface area contributed by atoms with Crippen LogP contribution in [0.5, 0.6) is 0 Å². The summed E-state index contributed by atoms with van der Waals surface area (Å²) in [6.07, 6.45) is 5.12. The van der Waals surface area contributed by atoms with Gasteiger partial charge in [0.25, 0.3) is 5.89 Å². The molecule has 0 unspecified atom stereocenters. The number of benzene rings is 1. The number of nitrogens with one attached hydrogen (secondary N) is 1. The molecule has 0 aliphatic heterocycles.